The molecule has 0 atom stereocenters. The number of hydrogen-bond donors (Lipinski definition) is 4. The third-order valence-corrected chi connectivity index (χ3v) is 6.68. The van der Waals surface area contributed by atoms with Crippen LogP contribution >= 0.6 is 0 Å². The number of urea groups is 2. The topological polar surface area (TPSA) is 139 Å². The lowest BCUT2D eigenvalue weighted by Crippen LogP contribution is -2.49. The SMILES string of the molecule is CC(C)(N)C1CCN(C(=O)Nc2cc(Oc3ccc(NC(=O)NC(=O)Cc4ccccc4)cc3F)ccn2)CC1. The van der Waals surface area contributed by atoms with Gasteiger partial charge in [0.2, 0.25) is 5.91 Å². The molecule has 1 fully saturated rings. The van der Waals surface area contributed by atoms with Crippen molar-refractivity contribution in [2.45, 2.75) is 38.6 Å². The van der Waals surface area contributed by atoms with Gasteiger partial charge in [0, 0.05) is 42.6 Å². The average molecular weight is 549 g/mol. The minimum Gasteiger partial charge on any atom is -0.454 e. The van der Waals surface area contributed by atoms with Gasteiger partial charge in [-0.3, -0.25) is 15.4 Å². The maximum absolute atomic E-state index is 14.7. The summed E-state index contributed by atoms with van der Waals surface area (Å²) >= 11 is 0. The molecule has 0 spiro atoms. The van der Waals surface area contributed by atoms with Crippen molar-refractivity contribution in [3.8, 4) is 11.5 Å². The molecule has 1 aliphatic rings. The molecule has 0 radical (unpaired) electrons. The lowest BCUT2D eigenvalue weighted by molar-refractivity contribution is -0.119. The van der Waals surface area contributed by atoms with E-state index >= 15 is 0 Å². The Morgan fingerprint density at radius 3 is 2.45 bits per heavy atom. The lowest BCUT2D eigenvalue weighted by Gasteiger charge is -2.38. The van der Waals surface area contributed by atoms with Crippen molar-refractivity contribution in [2.24, 2.45) is 11.7 Å². The van der Waals surface area contributed by atoms with Crippen LogP contribution in [0.3, 0.4) is 0 Å². The minimum atomic E-state index is -0.778. The van der Waals surface area contributed by atoms with Gasteiger partial charge in [-0.2, -0.15) is 0 Å². The number of halogens is 1. The molecule has 210 valence electrons. The minimum absolute atomic E-state index is 0.0366. The number of likely N-dealkylation sites (tertiary alicyclic amines) is 1. The summed E-state index contributed by atoms with van der Waals surface area (Å²) in [6, 6.07) is 14.8. The first-order chi connectivity index (χ1) is 19.1. The molecule has 0 saturated carbocycles. The van der Waals surface area contributed by atoms with E-state index in [0.29, 0.717) is 19.0 Å². The van der Waals surface area contributed by atoms with Crippen LogP contribution in [0.5, 0.6) is 11.5 Å². The van der Waals surface area contributed by atoms with E-state index in [0.717, 1.165) is 24.5 Å². The van der Waals surface area contributed by atoms with Gasteiger partial charge < -0.3 is 20.7 Å². The first-order valence-electron chi connectivity index (χ1n) is 13.0. The van der Waals surface area contributed by atoms with Crippen LogP contribution in [0.4, 0.5) is 25.5 Å². The second kappa shape index (κ2) is 12.6. The number of benzene rings is 2. The van der Waals surface area contributed by atoms with E-state index in [-0.39, 0.29) is 41.0 Å². The number of piperidine rings is 1. The van der Waals surface area contributed by atoms with Gasteiger partial charge in [0.1, 0.15) is 11.6 Å². The van der Waals surface area contributed by atoms with E-state index in [2.05, 4.69) is 20.9 Å². The van der Waals surface area contributed by atoms with Crippen LogP contribution < -0.4 is 26.4 Å². The molecule has 11 heteroatoms. The second-order valence-electron chi connectivity index (χ2n) is 10.3. The summed E-state index contributed by atoms with van der Waals surface area (Å²) in [6.07, 6.45) is 3.13. The van der Waals surface area contributed by atoms with Gasteiger partial charge in [-0.25, -0.2) is 19.0 Å². The monoisotopic (exact) mass is 548 g/mol. The smallest absolute Gasteiger partial charge is 0.325 e. The quantitative estimate of drug-likeness (QED) is 0.332. The molecule has 2 heterocycles. The number of ether oxygens (including phenoxy) is 1. The van der Waals surface area contributed by atoms with Crippen LogP contribution in [0.1, 0.15) is 32.3 Å². The zero-order valence-corrected chi connectivity index (χ0v) is 22.4. The molecular formula is C29H33FN6O4. The fraction of sp³-hybridized carbons (Fsp3) is 0.310. The number of aromatic nitrogens is 1. The Morgan fingerprint density at radius 2 is 1.77 bits per heavy atom. The largest absolute Gasteiger partial charge is 0.454 e. The Kier molecular flexibility index (Phi) is 8.95. The normalized spacial score (nSPS) is 13.8. The number of hydrogen-bond acceptors (Lipinski definition) is 6. The number of carbonyl (C=O) groups is 3. The highest BCUT2D eigenvalue weighted by atomic mass is 19.1. The number of carbonyl (C=O) groups excluding carboxylic acids is 3. The van der Waals surface area contributed by atoms with Gasteiger partial charge in [0.25, 0.3) is 0 Å². The molecule has 0 unspecified atom stereocenters. The third-order valence-electron chi connectivity index (χ3n) is 6.68. The Labute approximate surface area is 232 Å². The number of nitrogens with one attached hydrogen (secondary N) is 3. The van der Waals surface area contributed by atoms with Gasteiger partial charge in [-0.15, -0.1) is 0 Å². The number of amides is 5. The molecule has 0 aliphatic carbocycles. The molecule has 2 aromatic carbocycles. The molecule has 5 amide bonds. The summed E-state index contributed by atoms with van der Waals surface area (Å²) in [5.41, 5.74) is 6.83. The van der Waals surface area contributed by atoms with Crippen molar-refractivity contribution in [1.29, 1.82) is 0 Å². The van der Waals surface area contributed by atoms with Gasteiger partial charge in [0.15, 0.2) is 11.6 Å². The predicted octanol–water partition coefficient (Wildman–Crippen LogP) is 4.89. The number of imide groups is 1. The summed E-state index contributed by atoms with van der Waals surface area (Å²) in [5.74, 6) is -0.451. The Hall–Kier alpha value is -4.51. The zero-order chi connectivity index (χ0) is 28.7. The molecule has 40 heavy (non-hydrogen) atoms. The van der Waals surface area contributed by atoms with Crippen molar-refractivity contribution in [3.05, 3.63) is 78.2 Å². The summed E-state index contributed by atoms with van der Waals surface area (Å²) < 4.78 is 20.4. The molecule has 3 aromatic rings. The van der Waals surface area contributed by atoms with Crippen LogP contribution in [-0.2, 0) is 11.2 Å². The molecule has 1 aliphatic heterocycles. The molecule has 5 N–H and O–H groups in total. The maximum atomic E-state index is 14.7. The first kappa shape index (κ1) is 28.5. The molecule has 1 saturated heterocycles. The molecule has 1 aromatic heterocycles. The van der Waals surface area contributed by atoms with Gasteiger partial charge in [-0.1, -0.05) is 30.3 Å². The lowest BCUT2D eigenvalue weighted by atomic mass is 9.81. The van der Waals surface area contributed by atoms with Gasteiger partial charge >= 0.3 is 12.1 Å². The van der Waals surface area contributed by atoms with E-state index in [1.165, 1.54) is 30.5 Å². The summed E-state index contributed by atoms with van der Waals surface area (Å²) in [7, 11) is 0. The van der Waals surface area contributed by atoms with Crippen molar-refractivity contribution in [2.75, 3.05) is 23.7 Å². The van der Waals surface area contributed by atoms with E-state index in [9.17, 15) is 18.8 Å². The standard InChI is InChI=1S/C29H33FN6O4/c1-29(2,31)20-11-14-36(15-12-20)28(39)34-25-18-22(10-13-32-25)40-24-9-8-21(17-23(24)30)33-27(38)35-26(37)16-19-6-4-3-5-7-19/h3-10,13,17-18,20H,11-12,14-16,31H2,1-2H3,(H,32,34,39)(H2,33,35,37,38). The Balaban J connectivity index is 1.29. The van der Waals surface area contributed by atoms with Crippen LogP contribution in [0.25, 0.3) is 0 Å². The first-order valence-corrected chi connectivity index (χ1v) is 13.0. The fourth-order valence-electron chi connectivity index (χ4n) is 4.46. The average Bonchev–Trinajstić information content (AvgIpc) is 2.90. The van der Waals surface area contributed by atoms with Gasteiger partial charge in [0.05, 0.1) is 6.42 Å². The maximum Gasteiger partial charge on any atom is 0.325 e. The van der Waals surface area contributed by atoms with Crippen LogP contribution in [0.2, 0.25) is 0 Å². The number of nitrogens with two attached hydrogens (primary N) is 1. The van der Waals surface area contributed by atoms with Crippen molar-refractivity contribution in [3.63, 3.8) is 0 Å². The van der Waals surface area contributed by atoms with Crippen LogP contribution in [-0.4, -0.2) is 46.5 Å². The predicted molar refractivity (Wildman–Crippen MR) is 150 cm³/mol. The van der Waals surface area contributed by atoms with Crippen molar-refractivity contribution in [1.82, 2.24) is 15.2 Å². The number of nitrogens with zero attached hydrogens (tertiary/aromatic N) is 2. The third kappa shape index (κ3) is 8.00. The van der Waals surface area contributed by atoms with Crippen LogP contribution in [0.15, 0.2) is 66.9 Å². The number of anilines is 2. The Bertz CT molecular complexity index is 1350. The second-order valence-corrected chi connectivity index (χ2v) is 10.3. The zero-order valence-electron chi connectivity index (χ0n) is 22.4. The highest BCUT2D eigenvalue weighted by molar-refractivity contribution is 6.01. The molecule has 10 nitrogen and oxygen atoms in total. The van der Waals surface area contributed by atoms with Crippen molar-refractivity contribution >= 4 is 29.5 Å². The Morgan fingerprint density at radius 1 is 1.05 bits per heavy atom. The number of pyridine rings is 1. The summed E-state index contributed by atoms with van der Waals surface area (Å²) in [6.45, 7) is 5.20. The molecule has 0 bridgehead atoms. The molecule has 4 rings (SSSR count). The highest BCUT2D eigenvalue weighted by Gasteiger charge is 2.31. The van der Waals surface area contributed by atoms with E-state index < -0.39 is 17.8 Å². The van der Waals surface area contributed by atoms with Crippen molar-refractivity contribution < 1.29 is 23.5 Å². The van der Waals surface area contributed by atoms with Crippen LogP contribution in [0, 0.1) is 11.7 Å². The van der Waals surface area contributed by atoms with E-state index in [1.54, 1.807) is 29.2 Å². The molecular weight excluding hydrogens is 515 g/mol. The summed E-state index contributed by atoms with van der Waals surface area (Å²) in [5, 5.41) is 7.40. The fourth-order valence-corrected chi connectivity index (χ4v) is 4.46. The highest BCUT2D eigenvalue weighted by Crippen LogP contribution is 2.29. The number of rotatable bonds is 7. The summed E-state index contributed by atoms with van der Waals surface area (Å²) in [4.78, 5) is 42.8. The van der Waals surface area contributed by atoms with E-state index in [1.807, 2.05) is 19.9 Å². The van der Waals surface area contributed by atoms with E-state index in [4.69, 9.17) is 10.5 Å². The van der Waals surface area contributed by atoms with Gasteiger partial charge in [-0.05, 0) is 56.4 Å².